The van der Waals surface area contributed by atoms with Crippen LogP contribution in [0.5, 0.6) is 0 Å². The summed E-state index contributed by atoms with van der Waals surface area (Å²) < 4.78 is 0. The normalized spacial score (nSPS) is 13.0. The molecule has 1 N–H and O–H groups in total. The second-order valence-electron chi connectivity index (χ2n) is 3.51. The van der Waals surface area contributed by atoms with Crippen molar-refractivity contribution in [3.05, 3.63) is 5.82 Å². The number of hydrogen-bond acceptors (Lipinski definition) is 5. The van der Waals surface area contributed by atoms with Crippen molar-refractivity contribution in [3.8, 4) is 0 Å². The molecule has 0 saturated carbocycles. The SMILES string of the molecule is CCCNC(CSC)Cc1nnn(C)n1. The molecule has 1 atom stereocenters. The number of rotatable bonds is 7. The first-order valence-electron chi connectivity index (χ1n) is 5.21. The summed E-state index contributed by atoms with van der Waals surface area (Å²) in [5.74, 6) is 1.90. The molecular formula is C9H19N5S. The maximum absolute atomic E-state index is 4.19. The van der Waals surface area contributed by atoms with Crippen molar-refractivity contribution in [2.45, 2.75) is 25.8 Å². The highest BCUT2D eigenvalue weighted by atomic mass is 32.2. The van der Waals surface area contributed by atoms with Gasteiger partial charge in [-0.05, 0) is 24.4 Å². The summed E-state index contributed by atoms with van der Waals surface area (Å²) in [7, 11) is 1.79. The monoisotopic (exact) mass is 229 g/mol. The third kappa shape index (κ3) is 4.61. The zero-order valence-electron chi connectivity index (χ0n) is 9.60. The number of nitrogens with zero attached hydrogens (tertiary/aromatic N) is 4. The summed E-state index contributed by atoms with van der Waals surface area (Å²) >= 11 is 1.84. The van der Waals surface area contributed by atoms with Gasteiger partial charge in [0.15, 0.2) is 5.82 Å². The first kappa shape index (κ1) is 12.4. The number of tetrazole rings is 1. The van der Waals surface area contributed by atoms with E-state index in [4.69, 9.17) is 0 Å². The van der Waals surface area contributed by atoms with Gasteiger partial charge in [0, 0.05) is 18.2 Å². The maximum Gasteiger partial charge on any atom is 0.176 e. The van der Waals surface area contributed by atoms with Crippen LogP contribution < -0.4 is 5.32 Å². The predicted octanol–water partition coefficient (Wildman–Crippen LogP) is 0.484. The molecule has 0 aliphatic rings. The lowest BCUT2D eigenvalue weighted by Crippen LogP contribution is -2.34. The van der Waals surface area contributed by atoms with E-state index in [0.717, 1.165) is 31.0 Å². The molecule has 0 aromatic carbocycles. The summed E-state index contributed by atoms with van der Waals surface area (Å²) in [5, 5.41) is 15.5. The Kier molecular flexibility index (Phi) is 5.63. The highest BCUT2D eigenvalue weighted by Gasteiger charge is 2.11. The van der Waals surface area contributed by atoms with Crippen molar-refractivity contribution in [1.29, 1.82) is 0 Å². The van der Waals surface area contributed by atoms with E-state index in [1.807, 2.05) is 11.8 Å². The van der Waals surface area contributed by atoms with Gasteiger partial charge in [-0.25, -0.2) is 0 Å². The Labute approximate surface area is 95.0 Å². The average Bonchev–Trinajstić information content (AvgIpc) is 2.61. The van der Waals surface area contributed by atoms with E-state index in [2.05, 4.69) is 33.9 Å². The minimum absolute atomic E-state index is 0.448. The molecule has 1 rings (SSSR count). The van der Waals surface area contributed by atoms with Gasteiger partial charge in [0.25, 0.3) is 0 Å². The van der Waals surface area contributed by atoms with Gasteiger partial charge < -0.3 is 5.32 Å². The molecule has 0 spiro atoms. The molecule has 1 unspecified atom stereocenters. The molecule has 1 aromatic rings. The fourth-order valence-electron chi connectivity index (χ4n) is 1.37. The van der Waals surface area contributed by atoms with E-state index < -0.39 is 0 Å². The molecular weight excluding hydrogens is 210 g/mol. The third-order valence-electron chi connectivity index (χ3n) is 2.03. The van der Waals surface area contributed by atoms with E-state index in [0.29, 0.717) is 6.04 Å². The van der Waals surface area contributed by atoms with Crippen LogP contribution in [-0.4, -0.2) is 44.8 Å². The first-order valence-corrected chi connectivity index (χ1v) is 6.60. The topological polar surface area (TPSA) is 55.6 Å². The molecule has 0 bridgehead atoms. The molecule has 1 aromatic heterocycles. The summed E-state index contributed by atoms with van der Waals surface area (Å²) in [6.45, 7) is 3.22. The van der Waals surface area contributed by atoms with Crippen LogP contribution >= 0.6 is 11.8 Å². The standard InChI is InChI=1S/C9H19N5S/c1-4-5-10-8(7-15-3)6-9-11-13-14(2)12-9/h8,10H,4-7H2,1-3H3. The van der Waals surface area contributed by atoms with Gasteiger partial charge in [0.2, 0.25) is 0 Å². The van der Waals surface area contributed by atoms with Crippen LogP contribution in [0.3, 0.4) is 0 Å². The largest absolute Gasteiger partial charge is 0.313 e. The van der Waals surface area contributed by atoms with Crippen molar-refractivity contribution in [2.24, 2.45) is 7.05 Å². The van der Waals surface area contributed by atoms with Gasteiger partial charge in [0.05, 0.1) is 7.05 Å². The quantitative estimate of drug-likeness (QED) is 0.737. The first-order chi connectivity index (χ1) is 7.26. The Bertz CT molecular complexity index is 275. The van der Waals surface area contributed by atoms with Gasteiger partial charge in [-0.3, -0.25) is 0 Å². The lowest BCUT2D eigenvalue weighted by Gasteiger charge is -2.15. The fraction of sp³-hybridized carbons (Fsp3) is 0.889. The van der Waals surface area contributed by atoms with Gasteiger partial charge in [-0.15, -0.1) is 10.2 Å². The molecule has 1 heterocycles. The summed E-state index contributed by atoms with van der Waals surface area (Å²) in [6.07, 6.45) is 4.12. The van der Waals surface area contributed by atoms with Crippen LogP contribution in [0.2, 0.25) is 0 Å². The van der Waals surface area contributed by atoms with Crippen LogP contribution in [0, 0.1) is 0 Å². The van der Waals surface area contributed by atoms with E-state index in [1.54, 1.807) is 7.05 Å². The second-order valence-corrected chi connectivity index (χ2v) is 4.42. The molecule has 0 amide bonds. The van der Waals surface area contributed by atoms with Crippen LogP contribution in [0.15, 0.2) is 0 Å². The lowest BCUT2D eigenvalue weighted by molar-refractivity contribution is 0.537. The average molecular weight is 229 g/mol. The minimum Gasteiger partial charge on any atom is -0.313 e. The van der Waals surface area contributed by atoms with Crippen LogP contribution in [0.1, 0.15) is 19.2 Å². The third-order valence-corrected chi connectivity index (χ3v) is 2.77. The zero-order valence-corrected chi connectivity index (χ0v) is 10.4. The summed E-state index contributed by atoms with van der Waals surface area (Å²) in [4.78, 5) is 1.51. The van der Waals surface area contributed by atoms with Crippen LogP contribution in [0.4, 0.5) is 0 Å². The Morgan fingerprint density at radius 1 is 1.53 bits per heavy atom. The van der Waals surface area contributed by atoms with Gasteiger partial charge in [-0.2, -0.15) is 16.6 Å². The fourth-order valence-corrected chi connectivity index (χ4v) is 2.00. The molecule has 0 aliphatic carbocycles. The molecule has 0 aliphatic heterocycles. The molecule has 86 valence electrons. The maximum atomic E-state index is 4.19. The number of hydrogen-bond donors (Lipinski definition) is 1. The number of aryl methyl sites for hydroxylation is 1. The molecule has 0 fully saturated rings. The van der Waals surface area contributed by atoms with E-state index in [1.165, 1.54) is 4.80 Å². The Morgan fingerprint density at radius 2 is 2.33 bits per heavy atom. The predicted molar refractivity (Wildman–Crippen MR) is 63.0 cm³/mol. The molecule has 6 heteroatoms. The minimum atomic E-state index is 0.448. The van der Waals surface area contributed by atoms with E-state index in [9.17, 15) is 0 Å². The van der Waals surface area contributed by atoms with Crippen LogP contribution in [-0.2, 0) is 13.5 Å². The van der Waals surface area contributed by atoms with Crippen molar-refractivity contribution < 1.29 is 0 Å². The van der Waals surface area contributed by atoms with Gasteiger partial charge >= 0.3 is 0 Å². The zero-order chi connectivity index (χ0) is 11.1. The van der Waals surface area contributed by atoms with Crippen LogP contribution in [0.25, 0.3) is 0 Å². The van der Waals surface area contributed by atoms with Crippen molar-refractivity contribution in [3.63, 3.8) is 0 Å². The van der Waals surface area contributed by atoms with Crippen molar-refractivity contribution >= 4 is 11.8 Å². The Morgan fingerprint density at radius 3 is 2.87 bits per heavy atom. The molecule has 15 heavy (non-hydrogen) atoms. The smallest absolute Gasteiger partial charge is 0.176 e. The number of thioether (sulfide) groups is 1. The van der Waals surface area contributed by atoms with Crippen molar-refractivity contribution in [1.82, 2.24) is 25.5 Å². The Balaban J connectivity index is 2.42. The second kappa shape index (κ2) is 6.79. The number of aromatic nitrogens is 4. The highest BCUT2D eigenvalue weighted by molar-refractivity contribution is 7.98. The number of nitrogens with one attached hydrogen (secondary N) is 1. The molecule has 0 saturated heterocycles. The van der Waals surface area contributed by atoms with E-state index in [-0.39, 0.29) is 0 Å². The summed E-state index contributed by atoms with van der Waals surface area (Å²) in [5.41, 5.74) is 0. The lowest BCUT2D eigenvalue weighted by atomic mass is 10.2. The summed E-state index contributed by atoms with van der Waals surface area (Å²) in [6, 6.07) is 0.448. The van der Waals surface area contributed by atoms with Gasteiger partial charge in [-0.1, -0.05) is 6.92 Å². The van der Waals surface area contributed by atoms with Gasteiger partial charge in [0.1, 0.15) is 0 Å². The Hall–Kier alpha value is -0.620. The molecule has 0 radical (unpaired) electrons. The van der Waals surface area contributed by atoms with E-state index >= 15 is 0 Å². The van der Waals surface area contributed by atoms with Crippen molar-refractivity contribution in [2.75, 3.05) is 18.6 Å². The molecule has 5 nitrogen and oxygen atoms in total. The highest BCUT2D eigenvalue weighted by Crippen LogP contribution is 2.02.